The third kappa shape index (κ3) is 6.70. The van der Waals surface area contributed by atoms with Gasteiger partial charge in [-0.05, 0) is 38.9 Å². The van der Waals surface area contributed by atoms with Crippen LogP contribution in [0, 0.1) is 5.92 Å². The molecule has 1 unspecified atom stereocenters. The summed E-state index contributed by atoms with van der Waals surface area (Å²) in [6.45, 7) is 8.53. The molecule has 114 valence electrons. The quantitative estimate of drug-likeness (QED) is 0.728. The normalized spacial score (nSPS) is 12.8. The number of likely N-dealkylation sites (N-methyl/N-ethyl adjacent to an activating group) is 1. The van der Waals surface area contributed by atoms with Crippen molar-refractivity contribution >= 4 is 11.8 Å². The lowest BCUT2D eigenvalue weighted by Gasteiger charge is -2.24. The zero-order valence-corrected chi connectivity index (χ0v) is 13.5. The van der Waals surface area contributed by atoms with Crippen molar-refractivity contribution in [3.05, 3.63) is 12.3 Å². The van der Waals surface area contributed by atoms with E-state index in [1.165, 1.54) is 0 Å². The first-order chi connectivity index (χ1) is 9.51. The SMILES string of the molecule is CCCNc1nccc(NC(CC(C)C)CN(C)C)n1. The summed E-state index contributed by atoms with van der Waals surface area (Å²) in [7, 11) is 4.20. The van der Waals surface area contributed by atoms with Gasteiger partial charge in [0.25, 0.3) is 0 Å². The highest BCUT2D eigenvalue weighted by atomic mass is 15.2. The summed E-state index contributed by atoms with van der Waals surface area (Å²) in [4.78, 5) is 11.0. The highest BCUT2D eigenvalue weighted by Crippen LogP contribution is 2.13. The lowest BCUT2D eigenvalue weighted by molar-refractivity contribution is 0.356. The third-order valence-electron chi connectivity index (χ3n) is 2.88. The molecule has 1 atom stereocenters. The third-order valence-corrected chi connectivity index (χ3v) is 2.88. The van der Waals surface area contributed by atoms with E-state index in [0.717, 1.165) is 31.7 Å². The molecule has 0 aromatic carbocycles. The van der Waals surface area contributed by atoms with Crippen LogP contribution in [0.4, 0.5) is 11.8 Å². The molecular formula is C15H29N5. The Morgan fingerprint density at radius 1 is 1.30 bits per heavy atom. The van der Waals surface area contributed by atoms with Crippen molar-refractivity contribution in [2.75, 3.05) is 37.8 Å². The Morgan fingerprint density at radius 2 is 2.05 bits per heavy atom. The van der Waals surface area contributed by atoms with Crippen molar-refractivity contribution in [2.24, 2.45) is 5.92 Å². The van der Waals surface area contributed by atoms with Crippen molar-refractivity contribution in [1.82, 2.24) is 14.9 Å². The highest BCUT2D eigenvalue weighted by Gasteiger charge is 2.12. The van der Waals surface area contributed by atoms with E-state index in [2.05, 4.69) is 60.4 Å². The van der Waals surface area contributed by atoms with Crippen LogP contribution in [0.2, 0.25) is 0 Å². The van der Waals surface area contributed by atoms with Gasteiger partial charge < -0.3 is 15.5 Å². The molecule has 1 aromatic rings. The van der Waals surface area contributed by atoms with E-state index in [1.54, 1.807) is 6.20 Å². The molecule has 0 aliphatic carbocycles. The molecule has 0 amide bonds. The summed E-state index contributed by atoms with van der Waals surface area (Å²) >= 11 is 0. The maximum Gasteiger partial charge on any atom is 0.224 e. The number of hydrogen-bond donors (Lipinski definition) is 2. The van der Waals surface area contributed by atoms with E-state index >= 15 is 0 Å². The topological polar surface area (TPSA) is 53.1 Å². The van der Waals surface area contributed by atoms with Gasteiger partial charge >= 0.3 is 0 Å². The summed E-state index contributed by atoms with van der Waals surface area (Å²) in [6.07, 6.45) is 3.99. The fraction of sp³-hybridized carbons (Fsp3) is 0.733. The predicted molar refractivity (Wildman–Crippen MR) is 86.2 cm³/mol. The molecule has 1 heterocycles. The predicted octanol–water partition coefficient (Wildman–Crippen LogP) is 2.69. The van der Waals surface area contributed by atoms with Crippen LogP contribution in [0.1, 0.15) is 33.6 Å². The monoisotopic (exact) mass is 279 g/mol. The molecule has 0 aliphatic heterocycles. The molecule has 0 spiro atoms. The minimum absolute atomic E-state index is 0.402. The number of anilines is 2. The van der Waals surface area contributed by atoms with Gasteiger partial charge in [0, 0.05) is 25.3 Å². The molecule has 0 fully saturated rings. The Morgan fingerprint density at radius 3 is 2.65 bits per heavy atom. The van der Waals surface area contributed by atoms with Gasteiger partial charge in [-0.15, -0.1) is 0 Å². The summed E-state index contributed by atoms with van der Waals surface area (Å²) in [6, 6.07) is 2.33. The molecular weight excluding hydrogens is 250 g/mol. The van der Waals surface area contributed by atoms with Gasteiger partial charge in [-0.3, -0.25) is 0 Å². The minimum atomic E-state index is 0.402. The van der Waals surface area contributed by atoms with Crippen molar-refractivity contribution in [1.29, 1.82) is 0 Å². The van der Waals surface area contributed by atoms with E-state index < -0.39 is 0 Å². The van der Waals surface area contributed by atoms with Gasteiger partial charge in [-0.1, -0.05) is 20.8 Å². The fourth-order valence-electron chi connectivity index (χ4n) is 2.16. The minimum Gasteiger partial charge on any atom is -0.366 e. The standard InChI is InChI=1S/C15H29N5/c1-6-8-16-15-17-9-7-14(19-15)18-13(10-12(2)3)11-20(4)5/h7,9,12-13H,6,8,10-11H2,1-5H3,(H2,16,17,18,19). The number of rotatable bonds is 9. The van der Waals surface area contributed by atoms with Gasteiger partial charge in [-0.2, -0.15) is 4.98 Å². The molecule has 2 N–H and O–H groups in total. The van der Waals surface area contributed by atoms with Gasteiger partial charge in [0.05, 0.1) is 0 Å². The Labute approximate surface area is 123 Å². The van der Waals surface area contributed by atoms with Gasteiger partial charge in [-0.25, -0.2) is 4.98 Å². The molecule has 0 saturated carbocycles. The van der Waals surface area contributed by atoms with E-state index in [0.29, 0.717) is 17.9 Å². The molecule has 5 heteroatoms. The summed E-state index contributed by atoms with van der Waals surface area (Å²) in [5.41, 5.74) is 0. The van der Waals surface area contributed by atoms with Crippen LogP contribution in [0.15, 0.2) is 12.3 Å². The Balaban J connectivity index is 2.66. The van der Waals surface area contributed by atoms with Gasteiger partial charge in [0.15, 0.2) is 0 Å². The molecule has 0 aliphatic rings. The molecule has 5 nitrogen and oxygen atoms in total. The Bertz CT molecular complexity index is 368. The largest absolute Gasteiger partial charge is 0.366 e. The fourth-order valence-corrected chi connectivity index (χ4v) is 2.16. The van der Waals surface area contributed by atoms with Gasteiger partial charge in [0.2, 0.25) is 5.95 Å². The second kappa shape index (κ2) is 8.74. The van der Waals surface area contributed by atoms with Crippen LogP contribution in [-0.2, 0) is 0 Å². The Hall–Kier alpha value is -1.36. The van der Waals surface area contributed by atoms with Crippen molar-refractivity contribution in [2.45, 2.75) is 39.7 Å². The average molecular weight is 279 g/mol. The maximum atomic E-state index is 4.51. The van der Waals surface area contributed by atoms with Crippen molar-refractivity contribution in [3.8, 4) is 0 Å². The zero-order valence-electron chi connectivity index (χ0n) is 13.5. The van der Waals surface area contributed by atoms with Crippen LogP contribution >= 0.6 is 0 Å². The lowest BCUT2D eigenvalue weighted by Crippen LogP contribution is -2.33. The first-order valence-electron chi connectivity index (χ1n) is 7.49. The van der Waals surface area contributed by atoms with E-state index in [-0.39, 0.29) is 0 Å². The molecule has 1 rings (SSSR count). The smallest absolute Gasteiger partial charge is 0.224 e. The lowest BCUT2D eigenvalue weighted by atomic mass is 10.0. The van der Waals surface area contributed by atoms with E-state index in [4.69, 9.17) is 0 Å². The van der Waals surface area contributed by atoms with E-state index in [1.807, 2.05) is 6.07 Å². The van der Waals surface area contributed by atoms with Crippen LogP contribution in [-0.4, -0.2) is 48.1 Å². The summed E-state index contributed by atoms with van der Waals surface area (Å²) in [5.74, 6) is 2.25. The van der Waals surface area contributed by atoms with Crippen molar-refractivity contribution in [3.63, 3.8) is 0 Å². The van der Waals surface area contributed by atoms with Gasteiger partial charge in [0.1, 0.15) is 5.82 Å². The number of hydrogen-bond acceptors (Lipinski definition) is 5. The van der Waals surface area contributed by atoms with Crippen LogP contribution in [0.5, 0.6) is 0 Å². The molecule has 1 aromatic heterocycles. The second-order valence-electron chi connectivity index (χ2n) is 5.93. The number of aromatic nitrogens is 2. The van der Waals surface area contributed by atoms with Crippen LogP contribution in [0.25, 0.3) is 0 Å². The maximum absolute atomic E-state index is 4.51. The first-order valence-corrected chi connectivity index (χ1v) is 7.49. The highest BCUT2D eigenvalue weighted by molar-refractivity contribution is 5.40. The van der Waals surface area contributed by atoms with Crippen LogP contribution in [0.3, 0.4) is 0 Å². The second-order valence-corrected chi connectivity index (χ2v) is 5.93. The number of nitrogens with one attached hydrogen (secondary N) is 2. The first kappa shape index (κ1) is 16.7. The summed E-state index contributed by atoms with van der Waals surface area (Å²) in [5, 5.41) is 6.74. The average Bonchev–Trinajstić information content (AvgIpc) is 2.35. The number of nitrogens with zero attached hydrogens (tertiary/aromatic N) is 3. The van der Waals surface area contributed by atoms with Crippen LogP contribution < -0.4 is 10.6 Å². The zero-order chi connectivity index (χ0) is 15.0. The summed E-state index contributed by atoms with van der Waals surface area (Å²) < 4.78 is 0. The molecule has 0 bridgehead atoms. The molecule has 0 saturated heterocycles. The molecule has 20 heavy (non-hydrogen) atoms. The Kier molecular flexibility index (Phi) is 7.30. The van der Waals surface area contributed by atoms with Crippen molar-refractivity contribution < 1.29 is 0 Å². The van der Waals surface area contributed by atoms with E-state index in [9.17, 15) is 0 Å². The molecule has 0 radical (unpaired) electrons.